The molecule has 6 nitrogen and oxygen atoms in total. The summed E-state index contributed by atoms with van der Waals surface area (Å²) in [5.74, 6) is -0.753. The number of aryl methyl sites for hydroxylation is 1. The molecule has 1 fully saturated rings. The fourth-order valence-corrected chi connectivity index (χ4v) is 2.05. The molecule has 104 valence electrons. The van der Waals surface area contributed by atoms with Gasteiger partial charge in [-0.3, -0.25) is 14.3 Å². The first kappa shape index (κ1) is 13.6. The average molecular weight is 264 g/mol. The van der Waals surface area contributed by atoms with Crippen LogP contribution in [0.4, 0.5) is 0 Å². The molecule has 1 saturated carbocycles. The van der Waals surface area contributed by atoms with Gasteiger partial charge in [-0.15, -0.1) is 0 Å². The normalized spacial score (nSPS) is 17.1. The first-order chi connectivity index (χ1) is 8.66. The molecule has 2 rings (SSSR count). The zero-order valence-corrected chi connectivity index (χ0v) is 11.8. The minimum absolute atomic E-state index is 0.239. The van der Waals surface area contributed by atoms with Crippen LogP contribution in [0.1, 0.15) is 49.7 Å². The number of hydrogen-bond acceptors (Lipinski definition) is 3. The molecule has 3 N–H and O–H groups in total. The Morgan fingerprint density at radius 1 is 1.42 bits per heavy atom. The first-order valence-electron chi connectivity index (χ1n) is 6.32. The summed E-state index contributed by atoms with van der Waals surface area (Å²) >= 11 is 0. The summed E-state index contributed by atoms with van der Waals surface area (Å²) in [6.07, 6.45) is 2.89. The van der Waals surface area contributed by atoms with Crippen LogP contribution in [0, 0.1) is 0 Å². The Kier molecular flexibility index (Phi) is 2.91. The van der Waals surface area contributed by atoms with Gasteiger partial charge in [0, 0.05) is 18.7 Å². The lowest BCUT2D eigenvalue weighted by atomic mass is 9.89. The summed E-state index contributed by atoms with van der Waals surface area (Å²) in [6, 6.07) is 0. The van der Waals surface area contributed by atoms with Gasteiger partial charge in [-0.2, -0.15) is 5.10 Å². The van der Waals surface area contributed by atoms with E-state index in [1.54, 1.807) is 17.9 Å². The highest BCUT2D eigenvalue weighted by Crippen LogP contribution is 2.35. The highest BCUT2D eigenvalue weighted by Gasteiger charge is 2.50. The first-order valence-corrected chi connectivity index (χ1v) is 6.32. The third kappa shape index (κ3) is 2.47. The number of aromatic nitrogens is 2. The number of amides is 2. The van der Waals surface area contributed by atoms with Crippen LogP contribution >= 0.6 is 0 Å². The maximum absolute atomic E-state index is 12.3. The van der Waals surface area contributed by atoms with Crippen LogP contribution in [0.15, 0.2) is 6.20 Å². The van der Waals surface area contributed by atoms with E-state index in [2.05, 4.69) is 10.4 Å². The van der Waals surface area contributed by atoms with E-state index in [-0.39, 0.29) is 11.3 Å². The molecule has 0 aromatic carbocycles. The zero-order valence-electron chi connectivity index (χ0n) is 11.8. The third-order valence-corrected chi connectivity index (χ3v) is 3.36. The van der Waals surface area contributed by atoms with E-state index in [0.29, 0.717) is 24.1 Å². The SMILES string of the molecule is Cn1cc(C(=O)NC2(C(N)=O)CC2)c(C(C)(C)C)n1. The molecule has 0 aliphatic heterocycles. The van der Waals surface area contributed by atoms with Crippen molar-refractivity contribution in [2.45, 2.75) is 44.6 Å². The Hall–Kier alpha value is -1.85. The van der Waals surface area contributed by atoms with Gasteiger partial charge in [-0.05, 0) is 12.8 Å². The number of carbonyl (C=O) groups excluding carboxylic acids is 2. The second-order valence-corrected chi connectivity index (χ2v) is 6.22. The summed E-state index contributed by atoms with van der Waals surface area (Å²) in [4.78, 5) is 23.6. The lowest BCUT2D eigenvalue weighted by Crippen LogP contribution is -2.47. The molecule has 1 aliphatic carbocycles. The van der Waals surface area contributed by atoms with E-state index in [0.717, 1.165) is 0 Å². The molecule has 19 heavy (non-hydrogen) atoms. The van der Waals surface area contributed by atoms with E-state index in [1.165, 1.54) is 0 Å². The van der Waals surface area contributed by atoms with Gasteiger partial charge >= 0.3 is 0 Å². The Balaban J connectivity index is 2.28. The molecule has 1 aliphatic rings. The minimum Gasteiger partial charge on any atom is -0.368 e. The maximum atomic E-state index is 12.3. The molecule has 0 radical (unpaired) electrons. The molecule has 0 bridgehead atoms. The van der Waals surface area contributed by atoms with Crippen molar-refractivity contribution in [3.63, 3.8) is 0 Å². The van der Waals surface area contributed by atoms with Crippen LogP contribution < -0.4 is 11.1 Å². The van der Waals surface area contributed by atoms with E-state index in [9.17, 15) is 9.59 Å². The van der Waals surface area contributed by atoms with Gasteiger partial charge in [0.25, 0.3) is 5.91 Å². The number of hydrogen-bond donors (Lipinski definition) is 2. The van der Waals surface area contributed by atoms with Gasteiger partial charge in [-0.1, -0.05) is 20.8 Å². The average Bonchev–Trinajstić information content (AvgIpc) is 2.92. The number of primary amides is 1. The van der Waals surface area contributed by atoms with Gasteiger partial charge in [0.2, 0.25) is 5.91 Å². The highest BCUT2D eigenvalue weighted by atomic mass is 16.2. The lowest BCUT2D eigenvalue weighted by Gasteiger charge is -2.18. The molecule has 0 atom stereocenters. The molecule has 1 aromatic rings. The summed E-state index contributed by atoms with van der Waals surface area (Å²) < 4.78 is 1.61. The van der Waals surface area contributed by atoms with Crippen LogP contribution in [-0.4, -0.2) is 27.1 Å². The molecular formula is C13H20N4O2. The largest absolute Gasteiger partial charge is 0.368 e. The van der Waals surface area contributed by atoms with Crippen molar-refractivity contribution in [1.29, 1.82) is 0 Å². The number of nitrogens with zero attached hydrogens (tertiary/aromatic N) is 2. The Labute approximate surface area is 112 Å². The number of nitrogens with one attached hydrogen (secondary N) is 1. The van der Waals surface area contributed by atoms with Crippen molar-refractivity contribution in [2.75, 3.05) is 0 Å². The van der Waals surface area contributed by atoms with E-state index in [1.807, 2.05) is 20.8 Å². The predicted molar refractivity (Wildman–Crippen MR) is 70.5 cm³/mol. The van der Waals surface area contributed by atoms with E-state index < -0.39 is 11.4 Å². The molecule has 0 spiro atoms. The highest BCUT2D eigenvalue weighted by molar-refractivity contribution is 6.00. The van der Waals surface area contributed by atoms with Crippen LogP contribution in [0.2, 0.25) is 0 Å². The fourth-order valence-electron chi connectivity index (χ4n) is 2.05. The minimum atomic E-state index is -0.845. The second kappa shape index (κ2) is 4.08. The molecular weight excluding hydrogens is 244 g/mol. The van der Waals surface area contributed by atoms with Crippen molar-refractivity contribution in [2.24, 2.45) is 12.8 Å². The number of carbonyl (C=O) groups is 2. The van der Waals surface area contributed by atoms with Crippen molar-refractivity contribution in [1.82, 2.24) is 15.1 Å². The van der Waals surface area contributed by atoms with Crippen LogP contribution in [0.3, 0.4) is 0 Å². The Morgan fingerprint density at radius 3 is 2.42 bits per heavy atom. The van der Waals surface area contributed by atoms with E-state index >= 15 is 0 Å². The van der Waals surface area contributed by atoms with Gasteiger partial charge < -0.3 is 11.1 Å². The molecule has 1 aromatic heterocycles. The molecule has 6 heteroatoms. The standard InChI is InChI=1S/C13H20N4O2/c1-12(2,3)9-8(7-17(4)16-9)10(18)15-13(5-6-13)11(14)19/h7H,5-6H2,1-4H3,(H2,14,19)(H,15,18). The van der Waals surface area contributed by atoms with Crippen molar-refractivity contribution in [3.8, 4) is 0 Å². The topological polar surface area (TPSA) is 90.0 Å². The summed E-state index contributed by atoms with van der Waals surface area (Å²) in [6.45, 7) is 5.98. The molecule has 0 unspecified atom stereocenters. The van der Waals surface area contributed by atoms with Gasteiger partial charge in [-0.25, -0.2) is 0 Å². The van der Waals surface area contributed by atoms with Crippen LogP contribution in [0.5, 0.6) is 0 Å². The second-order valence-electron chi connectivity index (χ2n) is 6.22. The van der Waals surface area contributed by atoms with Crippen molar-refractivity contribution in [3.05, 3.63) is 17.5 Å². The maximum Gasteiger partial charge on any atom is 0.255 e. The fraction of sp³-hybridized carbons (Fsp3) is 0.615. The zero-order chi connectivity index (χ0) is 14.4. The summed E-state index contributed by atoms with van der Waals surface area (Å²) in [5.41, 5.74) is 5.45. The summed E-state index contributed by atoms with van der Waals surface area (Å²) in [5, 5.41) is 7.08. The molecule has 1 heterocycles. The Bertz CT molecular complexity index is 535. The summed E-state index contributed by atoms with van der Waals surface area (Å²) in [7, 11) is 1.77. The van der Waals surface area contributed by atoms with Gasteiger partial charge in [0.1, 0.15) is 5.54 Å². The van der Waals surface area contributed by atoms with Gasteiger partial charge in [0.15, 0.2) is 0 Å². The van der Waals surface area contributed by atoms with Crippen LogP contribution in [-0.2, 0) is 17.3 Å². The molecule has 2 amide bonds. The number of rotatable bonds is 3. The third-order valence-electron chi connectivity index (χ3n) is 3.36. The Morgan fingerprint density at radius 2 is 2.00 bits per heavy atom. The smallest absolute Gasteiger partial charge is 0.255 e. The van der Waals surface area contributed by atoms with Crippen LogP contribution in [0.25, 0.3) is 0 Å². The molecule has 0 saturated heterocycles. The quantitative estimate of drug-likeness (QED) is 0.831. The predicted octanol–water partition coefficient (Wildman–Crippen LogP) is 0.465. The lowest BCUT2D eigenvalue weighted by molar-refractivity contribution is -0.120. The van der Waals surface area contributed by atoms with E-state index in [4.69, 9.17) is 5.73 Å². The monoisotopic (exact) mass is 264 g/mol. The van der Waals surface area contributed by atoms with Gasteiger partial charge in [0.05, 0.1) is 11.3 Å². The van der Waals surface area contributed by atoms with Crippen molar-refractivity contribution >= 4 is 11.8 Å². The van der Waals surface area contributed by atoms with Crippen molar-refractivity contribution < 1.29 is 9.59 Å². The number of nitrogens with two attached hydrogens (primary N) is 1.